The molecule has 5 N–H and O–H groups in total. The Kier molecular flexibility index (Phi) is 10.7. The second kappa shape index (κ2) is 14.6. The van der Waals surface area contributed by atoms with E-state index >= 15 is 0 Å². The predicted molar refractivity (Wildman–Crippen MR) is 163 cm³/mol. The van der Waals surface area contributed by atoms with Gasteiger partial charge in [-0.15, -0.1) is 0 Å². The number of rotatable bonds is 8. The highest BCUT2D eigenvalue weighted by Crippen LogP contribution is 2.33. The zero-order valence-electron chi connectivity index (χ0n) is 23.0. The fourth-order valence-corrected chi connectivity index (χ4v) is 5.04. The molecular weight excluding hydrogens is 542 g/mol. The average Bonchev–Trinajstić information content (AvgIpc) is 3.41. The second-order valence-corrected chi connectivity index (χ2v) is 10.4. The van der Waals surface area contributed by atoms with E-state index in [1.54, 1.807) is 42.5 Å². The van der Waals surface area contributed by atoms with E-state index in [4.69, 9.17) is 26.8 Å². The lowest BCUT2D eigenvalue weighted by molar-refractivity contribution is -0.146. The molecule has 41 heavy (non-hydrogen) atoms. The molecule has 0 bridgehead atoms. The molecule has 2 amide bonds. The zero-order chi connectivity index (χ0) is 29.2. The molecule has 1 aliphatic heterocycles. The van der Waals surface area contributed by atoms with E-state index in [0.29, 0.717) is 28.0 Å². The zero-order valence-corrected chi connectivity index (χ0v) is 23.8. The van der Waals surface area contributed by atoms with Crippen LogP contribution in [0.4, 0.5) is 16.3 Å². The van der Waals surface area contributed by atoms with Crippen molar-refractivity contribution in [1.82, 2.24) is 14.9 Å². The van der Waals surface area contributed by atoms with Crippen LogP contribution in [0.3, 0.4) is 0 Å². The van der Waals surface area contributed by atoms with Crippen LogP contribution in [0, 0.1) is 0 Å². The number of hydrogen-bond acceptors (Lipinski definition) is 5. The van der Waals surface area contributed by atoms with Gasteiger partial charge in [0.2, 0.25) is 0 Å². The normalized spacial score (nSPS) is 14.6. The van der Waals surface area contributed by atoms with Gasteiger partial charge in [-0.1, -0.05) is 67.4 Å². The quantitative estimate of drug-likeness (QED) is 0.159. The van der Waals surface area contributed by atoms with Crippen LogP contribution in [0.15, 0.2) is 72.9 Å². The molecular formula is C31H36ClN5O4. The van der Waals surface area contributed by atoms with Gasteiger partial charge in [-0.25, -0.2) is 14.6 Å². The van der Waals surface area contributed by atoms with Gasteiger partial charge in [0.1, 0.15) is 5.82 Å². The summed E-state index contributed by atoms with van der Waals surface area (Å²) >= 11 is 6.11. The van der Waals surface area contributed by atoms with Crippen LogP contribution in [-0.2, 0) is 4.79 Å². The topological polar surface area (TPSA) is 131 Å². The van der Waals surface area contributed by atoms with Gasteiger partial charge in [0.25, 0.3) is 0 Å². The van der Waals surface area contributed by atoms with Gasteiger partial charge in [0, 0.05) is 6.20 Å². The number of aromatic nitrogens is 2. The number of carboxylic acid groups (broad SMARTS) is 1. The molecule has 1 aliphatic rings. The highest BCUT2D eigenvalue weighted by molar-refractivity contribution is 6.33. The van der Waals surface area contributed by atoms with Crippen molar-refractivity contribution in [3.8, 4) is 0 Å². The molecule has 0 aliphatic carbocycles. The standard InChI is InChI=1S/C23H28ClN5O.C8H8O3/c1-2-3-12-29-13-10-16(11-14-29)17-15-25-20-8-9-21(27-22(17)20)28-23(30)26-19-7-5-4-6-18(19)24;9-7(8(10)11)6-4-2-1-3-5-6/h4-9,15-16,25H,2-3,10-14H2,1H3,(H2,26,27,28,30);1-5,7,9H,(H,10,11). The van der Waals surface area contributed by atoms with Crippen molar-refractivity contribution in [1.29, 1.82) is 0 Å². The number of para-hydroxylation sites is 1. The lowest BCUT2D eigenvalue weighted by Crippen LogP contribution is -2.33. The molecule has 10 heteroatoms. The Labute approximate surface area is 244 Å². The van der Waals surface area contributed by atoms with Gasteiger partial charge in [-0.05, 0) is 80.2 Å². The Morgan fingerprint density at radius 1 is 1.05 bits per heavy atom. The molecule has 9 nitrogen and oxygen atoms in total. The van der Waals surface area contributed by atoms with Gasteiger partial charge in [-0.3, -0.25) is 5.32 Å². The fraction of sp³-hybridized carbons (Fsp3) is 0.323. The molecule has 0 radical (unpaired) electrons. The summed E-state index contributed by atoms with van der Waals surface area (Å²) in [7, 11) is 0. The number of H-pyrrole nitrogens is 1. The summed E-state index contributed by atoms with van der Waals surface area (Å²) in [6.07, 6.45) is 5.47. The number of fused-ring (bicyclic) bond motifs is 1. The molecule has 4 aromatic rings. The second-order valence-electron chi connectivity index (χ2n) is 10.0. The number of aliphatic carboxylic acids is 1. The van der Waals surface area contributed by atoms with Crippen LogP contribution >= 0.6 is 11.6 Å². The summed E-state index contributed by atoms with van der Waals surface area (Å²) in [5.41, 5.74) is 4.15. The summed E-state index contributed by atoms with van der Waals surface area (Å²) in [4.78, 5) is 33.3. The molecule has 1 fully saturated rings. The molecule has 5 rings (SSSR count). The number of carboxylic acids is 1. The number of halogens is 1. The summed E-state index contributed by atoms with van der Waals surface area (Å²) in [6, 6.07) is 18.8. The van der Waals surface area contributed by atoms with Crippen LogP contribution in [0.25, 0.3) is 11.0 Å². The minimum absolute atomic E-state index is 0.365. The summed E-state index contributed by atoms with van der Waals surface area (Å²) in [5.74, 6) is -0.208. The molecule has 0 saturated carbocycles. The fourth-order valence-electron chi connectivity index (χ4n) is 4.86. The molecule has 3 heterocycles. The Balaban J connectivity index is 0.000000296. The maximum Gasteiger partial charge on any atom is 0.337 e. The van der Waals surface area contributed by atoms with Crippen LogP contribution in [0.1, 0.15) is 55.8 Å². The minimum atomic E-state index is -1.41. The van der Waals surface area contributed by atoms with Crippen molar-refractivity contribution in [2.45, 2.75) is 44.6 Å². The number of carbonyl (C=O) groups excluding carboxylic acids is 1. The van der Waals surface area contributed by atoms with E-state index in [1.807, 2.05) is 24.3 Å². The lowest BCUT2D eigenvalue weighted by atomic mass is 9.90. The SMILES string of the molecule is CCCCN1CCC(c2c[nH]c3ccc(NC(=O)Nc4ccccc4Cl)nc23)CC1.O=C(O)C(O)c1ccccc1. The first-order valence-electron chi connectivity index (χ1n) is 13.8. The van der Waals surface area contributed by atoms with Gasteiger partial charge < -0.3 is 25.4 Å². The number of likely N-dealkylation sites (tertiary alicyclic amines) is 1. The third-order valence-electron chi connectivity index (χ3n) is 7.12. The first-order valence-corrected chi connectivity index (χ1v) is 14.2. The molecule has 2 aromatic heterocycles. The monoisotopic (exact) mass is 577 g/mol. The number of nitrogens with zero attached hydrogens (tertiary/aromatic N) is 2. The van der Waals surface area contributed by atoms with E-state index in [9.17, 15) is 9.59 Å². The summed E-state index contributed by atoms with van der Waals surface area (Å²) in [6.45, 7) is 5.71. The number of unbranched alkanes of at least 4 members (excludes halogenated alkanes) is 1. The number of pyridine rings is 1. The molecule has 1 atom stereocenters. The predicted octanol–water partition coefficient (Wildman–Crippen LogP) is 6.64. The minimum Gasteiger partial charge on any atom is -0.479 e. The van der Waals surface area contributed by atoms with Crippen molar-refractivity contribution in [2.24, 2.45) is 0 Å². The number of amides is 2. The highest BCUT2D eigenvalue weighted by atomic mass is 35.5. The first-order chi connectivity index (χ1) is 19.9. The van der Waals surface area contributed by atoms with Gasteiger partial charge in [0.15, 0.2) is 6.10 Å². The van der Waals surface area contributed by atoms with E-state index in [0.717, 1.165) is 37.0 Å². The van der Waals surface area contributed by atoms with Gasteiger partial charge in [-0.2, -0.15) is 0 Å². The maximum atomic E-state index is 12.4. The van der Waals surface area contributed by atoms with Crippen molar-refractivity contribution < 1.29 is 19.8 Å². The maximum absolute atomic E-state index is 12.4. The van der Waals surface area contributed by atoms with Gasteiger partial charge in [0.05, 0.1) is 21.7 Å². The van der Waals surface area contributed by atoms with Crippen LogP contribution < -0.4 is 10.6 Å². The molecule has 2 aromatic carbocycles. The number of anilines is 2. The Bertz CT molecular complexity index is 1440. The van der Waals surface area contributed by atoms with E-state index in [1.165, 1.54) is 24.9 Å². The average molecular weight is 578 g/mol. The third kappa shape index (κ3) is 8.29. The van der Waals surface area contributed by atoms with Crippen LogP contribution in [0.5, 0.6) is 0 Å². The lowest BCUT2D eigenvalue weighted by Gasteiger charge is -2.31. The van der Waals surface area contributed by atoms with E-state index < -0.39 is 12.1 Å². The number of piperidine rings is 1. The smallest absolute Gasteiger partial charge is 0.337 e. The van der Waals surface area contributed by atoms with E-state index in [2.05, 4.69) is 33.6 Å². The molecule has 0 spiro atoms. The largest absolute Gasteiger partial charge is 0.479 e. The number of urea groups is 1. The molecule has 216 valence electrons. The van der Waals surface area contributed by atoms with Crippen molar-refractivity contribution in [3.63, 3.8) is 0 Å². The third-order valence-corrected chi connectivity index (χ3v) is 7.45. The number of hydrogen-bond donors (Lipinski definition) is 5. The molecule has 1 saturated heterocycles. The molecule has 1 unspecified atom stereocenters. The van der Waals surface area contributed by atoms with Gasteiger partial charge >= 0.3 is 12.0 Å². The number of aliphatic hydroxyl groups is 1. The number of aromatic amines is 1. The van der Waals surface area contributed by atoms with E-state index in [-0.39, 0.29) is 6.03 Å². The number of carbonyl (C=O) groups is 2. The number of benzene rings is 2. The Morgan fingerprint density at radius 3 is 2.44 bits per heavy atom. The first kappa shape index (κ1) is 30.0. The van der Waals surface area contributed by atoms with Crippen molar-refractivity contribution in [3.05, 3.63) is 89.1 Å². The summed E-state index contributed by atoms with van der Waals surface area (Å²) in [5, 5.41) is 23.5. The van der Waals surface area contributed by atoms with Crippen molar-refractivity contribution in [2.75, 3.05) is 30.3 Å². The van der Waals surface area contributed by atoms with Crippen LogP contribution in [-0.4, -0.2) is 56.7 Å². The number of aliphatic hydroxyl groups excluding tert-OH is 1. The highest BCUT2D eigenvalue weighted by Gasteiger charge is 2.23. The van der Waals surface area contributed by atoms with Crippen molar-refractivity contribution >= 4 is 46.1 Å². The van der Waals surface area contributed by atoms with Crippen LogP contribution in [0.2, 0.25) is 5.02 Å². The Hall–Kier alpha value is -3.92. The summed E-state index contributed by atoms with van der Waals surface area (Å²) < 4.78 is 0. The number of nitrogens with one attached hydrogen (secondary N) is 3. The Morgan fingerprint density at radius 2 is 1.76 bits per heavy atom.